The lowest BCUT2D eigenvalue weighted by atomic mass is 10.1. The monoisotopic (exact) mass is 443 g/mol. The minimum atomic E-state index is -3.82. The highest BCUT2D eigenvalue weighted by Gasteiger charge is 2.18. The highest BCUT2D eigenvalue weighted by molar-refractivity contribution is 7.92. The topological polar surface area (TPSA) is 64.0 Å². The molecule has 0 unspecified atom stereocenters. The molecule has 0 atom stereocenters. The van der Waals surface area contributed by atoms with Gasteiger partial charge in [0.05, 0.1) is 16.3 Å². The summed E-state index contributed by atoms with van der Waals surface area (Å²) in [6.45, 7) is 0. The van der Waals surface area contributed by atoms with E-state index in [1.807, 2.05) is 12.1 Å². The Morgan fingerprint density at radius 2 is 1.31 bits per heavy atom. The predicted octanol–water partition coefficient (Wildman–Crippen LogP) is 5.46. The van der Waals surface area contributed by atoms with Crippen LogP contribution < -0.4 is 4.83 Å². The van der Waals surface area contributed by atoms with E-state index >= 15 is 0 Å². The number of rotatable bonds is 5. The molecule has 0 aliphatic rings. The molecule has 4 rings (SSSR count). The van der Waals surface area contributed by atoms with Gasteiger partial charge in [-0.25, -0.2) is 0 Å². The Hall–Kier alpha value is -2.80. The number of sulfonamides is 1. The second kappa shape index (κ2) is 7.91. The van der Waals surface area contributed by atoms with E-state index in [1.54, 1.807) is 60.7 Å². The van der Waals surface area contributed by atoms with Crippen molar-refractivity contribution in [3.63, 3.8) is 0 Å². The molecule has 0 radical (unpaired) electrons. The van der Waals surface area contributed by atoms with Crippen LogP contribution in [0.1, 0.15) is 0 Å². The lowest BCUT2D eigenvalue weighted by Crippen LogP contribution is -2.25. The summed E-state index contributed by atoms with van der Waals surface area (Å²) in [5.41, 5.74) is 2.74. The van der Waals surface area contributed by atoms with Crippen molar-refractivity contribution in [1.29, 1.82) is 0 Å². The lowest BCUT2D eigenvalue weighted by molar-refractivity contribution is 0.592. The zero-order chi connectivity index (χ0) is 20.4. The third-order valence-corrected chi connectivity index (χ3v) is 6.06. The minimum absolute atomic E-state index is 0.144. The summed E-state index contributed by atoms with van der Waals surface area (Å²) in [4.78, 5) is 3.94. The molecular weight excluding hydrogens is 429 g/mol. The second-order valence-electron chi connectivity index (χ2n) is 6.25. The zero-order valence-corrected chi connectivity index (χ0v) is 17.3. The predicted molar refractivity (Wildman–Crippen MR) is 116 cm³/mol. The van der Waals surface area contributed by atoms with Crippen LogP contribution in [0.5, 0.6) is 0 Å². The molecule has 0 saturated carbocycles. The Bertz CT molecular complexity index is 1240. The summed E-state index contributed by atoms with van der Waals surface area (Å²) in [6, 6.07) is 24.2. The van der Waals surface area contributed by atoms with Gasteiger partial charge in [0.2, 0.25) is 0 Å². The summed E-state index contributed by atoms with van der Waals surface area (Å²) >= 11 is 12.0. The maximum absolute atomic E-state index is 12.8. The van der Waals surface area contributed by atoms with E-state index < -0.39 is 10.0 Å². The molecule has 3 aromatic carbocycles. The smallest absolute Gasteiger partial charge is 0.200 e. The average molecular weight is 444 g/mol. The molecule has 4 aromatic rings. The minimum Gasteiger partial charge on any atom is -0.200 e. The lowest BCUT2D eigenvalue weighted by Gasteiger charge is -2.11. The zero-order valence-electron chi connectivity index (χ0n) is 15.0. The van der Waals surface area contributed by atoms with Gasteiger partial charge < -0.3 is 0 Å². The van der Waals surface area contributed by atoms with Gasteiger partial charge in [0, 0.05) is 21.2 Å². The fourth-order valence-electron chi connectivity index (χ4n) is 2.80. The number of hydrogen-bond donors (Lipinski definition) is 1. The van der Waals surface area contributed by atoms with Crippen LogP contribution in [0, 0.1) is 0 Å². The molecule has 0 fully saturated rings. The van der Waals surface area contributed by atoms with Gasteiger partial charge >= 0.3 is 0 Å². The van der Waals surface area contributed by atoms with E-state index in [0.29, 0.717) is 21.4 Å². The molecule has 146 valence electrons. The normalized spacial score (nSPS) is 11.4. The van der Waals surface area contributed by atoms with Crippen LogP contribution in [0.2, 0.25) is 10.0 Å². The SMILES string of the molecule is O=S(=O)(Nn1nc(-c2ccc(Cl)cc2)cc1-c1ccc(Cl)cc1)c1ccccc1. The van der Waals surface area contributed by atoms with Crippen LogP contribution in [0.3, 0.4) is 0 Å². The van der Waals surface area contributed by atoms with Crippen molar-refractivity contribution in [2.24, 2.45) is 0 Å². The van der Waals surface area contributed by atoms with Crippen molar-refractivity contribution in [3.05, 3.63) is 95.0 Å². The summed E-state index contributed by atoms with van der Waals surface area (Å²) < 4.78 is 25.6. The van der Waals surface area contributed by atoms with E-state index in [0.717, 1.165) is 11.1 Å². The largest absolute Gasteiger partial charge is 0.276 e. The van der Waals surface area contributed by atoms with Crippen molar-refractivity contribution in [2.45, 2.75) is 4.90 Å². The Labute approximate surface area is 178 Å². The highest BCUT2D eigenvalue weighted by Crippen LogP contribution is 2.28. The fraction of sp³-hybridized carbons (Fsp3) is 0. The molecule has 0 bridgehead atoms. The first kappa shape index (κ1) is 19.5. The molecule has 0 saturated heterocycles. The van der Waals surface area contributed by atoms with Gasteiger partial charge in [0.15, 0.2) is 0 Å². The number of halogens is 2. The van der Waals surface area contributed by atoms with Crippen molar-refractivity contribution < 1.29 is 8.42 Å². The van der Waals surface area contributed by atoms with E-state index in [2.05, 4.69) is 9.93 Å². The van der Waals surface area contributed by atoms with Gasteiger partial charge in [0.25, 0.3) is 10.0 Å². The molecule has 0 amide bonds. The van der Waals surface area contributed by atoms with Crippen LogP contribution in [-0.2, 0) is 10.0 Å². The van der Waals surface area contributed by atoms with Crippen molar-refractivity contribution >= 4 is 33.2 Å². The van der Waals surface area contributed by atoms with Crippen LogP contribution in [0.25, 0.3) is 22.5 Å². The Kier molecular flexibility index (Phi) is 5.32. The standard InChI is InChI=1S/C21H15Cl2N3O2S/c22-17-10-6-15(7-11-17)20-14-21(16-8-12-18(23)13-9-16)26(24-20)25-29(27,28)19-4-2-1-3-5-19/h1-14,25H. The molecule has 0 spiro atoms. The van der Waals surface area contributed by atoms with Gasteiger partial charge in [0.1, 0.15) is 0 Å². The van der Waals surface area contributed by atoms with Gasteiger partial charge in [-0.1, -0.05) is 65.7 Å². The van der Waals surface area contributed by atoms with Crippen LogP contribution in [0.4, 0.5) is 0 Å². The molecule has 29 heavy (non-hydrogen) atoms. The molecule has 1 N–H and O–H groups in total. The van der Waals surface area contributed by atoms with Gasteiger partial charge in [-0.3, -0.25) is 0 Å². The van der Waals surface area contributed by atoms with E-state index in [-0.39, 0.29) is 4.90 Å². The highest BCUT2D eigenvalue weighted by atomic mass is 35.5. The van der Waals surface area contributed by atoms with Crippen LogP contribution in [-0.4, -0.2) is 18.3 Å². The number of nitrogens with zero attached hydrogens (tertiary/aromatic N) is 2. The maximum Gasteiger partial charge on any atom is 0.276 e. The maximum atomic E-state index is 12.8. The number of hydrogen-bond acceptors (Lipinski definition) is 3. The molecule has 0 aliphatic heterocycles. The number of benzene rings is 3. The quantitative estimate of drug-likeness (QED) is 0.445. The van der Waals surface area contributed by atoms with Gasteiger partial charge in [-0.2, -0.15) is 23.1 Å². The number of aromatic nitrogens is 2. The summed E-state index contributed by atoms with van der Waals surface area (Å²) in [5.74, 6) is 0. The molecule has 1 heterocycles. The summed E-state index contributed by atoms with van der Waals surface area (Å²) in [7, 11) is -3.82. The molecule has 5 nitrogen and oxygen atoms in total. The fourth-order valence-corrected chi connectivity index (χ4v) is 4.04. The average Bonchev–Trinajstić information content (AvgIpc) is 3.13. The second-order valence-corrected chi connectivity index (χ2v) is 8.78. The van der Waals surface area contributed by atoms with Crippen molar-refractivity contribution in [2.75, 3.05) is 4.83 Å². The van der Waals surface area contributed by atoms with E-state index in [9.17, 15) is 8.42 Å². The van der Waals surface area contributed by atoms with Gasteiger partial charge in [-0.15, -0.1) is 0 Å². The first-order valence-electron chi connectivity index (χ1n) is 8.62. The van der Waals surface area contributed by atoms with Crippen LogP contribution >= 0.6 is 23.2 Å². The first-order chi connectivity index (χ1) is 13.9. The van der Waals surface area contributed by atoms with Crippen molar-refractivity contribution in [1.82, 2.24) is 9.89 Å². The Morgan fingerprint density at radius 1 is 0.759 bits per heavy atom. The van der Waals surface area contributed by atoms with Crippen molar-refractivity contribution in [3.8, 4) is 22.5 Å². The molecular formula is C21H15Cl2N3O2S. The van der Waals surface area contributed by atoms with E-state index in [4.69, 9.17) is 23.2 Å². The Morgan fingerprint density at radius 3 is 1.90 bits per heavy atom. The number of nitrogens with one attached hydrogen (secondary N) is 1. The third kappa shape index (κ3) is 4.29. The first-order valence-corrected chi connectivity index (χ1v) is 10.9. The third-order valence-electron chi connectivity index (χ3n) is 4.25. The van der Waals surface area contributed by atoms with Crippen LogP contribution in [0.15, 0.2) is 89.8 Å². The summed E-state index contributed by atoms with van der Waals surface area (Å²) in [6.07, 6.45) is 0. The van der Waals surface area contributed by atoms with Gasteiger partial charge in [-0.05, 0) is 42.5 Å². The Balaban J connectivity index is 1.80. The molecule has 0 aliphatic carbocycles. The molecule has 8 heteroatoms. The summed E-state index contributed by atoms with van der Waals surface area (Å²) in [5, 5.41) is 5.66. The molecule has 1 aromatic heterocycles. The van der Waals surface area contributed by atoms with E-state index in [1.165, 1.54) is 16.9 Å².